The van der Waals surface area contributed by atoms with Crippen LogP contribution in [0, 0.1) is 46.7 Å². The number of carbonyl (C=O) groups is 3. The van der Waals surface area contributed by atoms with E-state index in [1.165, 1.54) is 6.07 Å². The van der Waals surface area contributed by atoms with Crippen molar-refractivity contribution in [3.05, 3.63) is 58.8 Å². The molecule has 6 saturated carbocycles. The average Bonchev–Trinajstić information content (AvgIpc) is 3.50. The highest BCUT2D eigenvalue weighted by Crippen LogP contribution is 3.06. The lowest BCUT2D eigenvalue weighted by Crippen LogP contribution is -3.15. The first kappa shape index (κ1) is 21.1. The first-order chi connectivity index (χ1) is 18.4. The summed E-state index contributed by atoms with van der Waals surface area (Å²) < 4.78 is 20.7. The summed E-state index contributed by atoms with van der Waals surface area (Å²) in [5.74, 6) is 2.99. The lowest BCUT2D eigenvalue weighted by molar-refractivity contribution is -0.623. The molecule has 2 amide bonds. The number of ether oxygens (including phenoxy) is 1. The zero-order valence-corrected chi connectivity index (χ0v) is 20.3. The number of hydrogen-bond acceptors (Lipinski definition) is 7. The van der Waals surface area contributed by atoms with Gasteiger partial charge in [0.05, 0.1) is 12.6 Å². The highest BCUT2D eigenvalue weighted by atomic mass is 19.1. The van der Waals surface area contributed by atoms with E-state index in [9.17, 15) is 18.8 Å². The quantitative estimate of drug-likeness (QED) is 0.313. The van der Waals surface area contributed by atoms with Crippen LogP contribution in [0.1, 0.15) is 32.1 Å². The van der Waals surface area contributed by atoms with Gasteiger partial charge in [0.1, 0.15) is 17.1 Å². The normalized spacial score (nSPS) is 37.1. The van der Waals surface area contributed by atoms with Gasteiger partial charge in [0.15, 0.2) is 11.5 Å². The Labute approximate surface area is 215 Å². The molecule has 11 heteroatoms. The third-order valence-electron chi connectivity index (χ3n) is 10.9. The van der Waals surface area contributed by atoms with Crippen LogP contribution in [0.5, 0.6) is 5.75 Å². The number of hydrogen-bond donors (Lipinski definition) is 3. The number of rotatable bonds is 7. The Kier molecular flexibility index (Phi) is 3.56. The minimum Gasteiger partial charge on any atom is -0.426 e. The highest BCUT2D eigenvalue weighted by Gasteiger charge is 3.09. The summed E-state index contributed by atoms with van der Waals surface area (Å²) in [5, 5.41) is 13.4. The van der Waals surface area contributed by atoms with Crippen molar-refractivity contribution in [3.63, 3.8) is 0 Å². The number of amides is 2. The largest absolute Gasteiger partial charge is 0.426 e. The van der Waals surface area contributed by atoms with E-state index in [-0.39, 0.29) is 41.4 Å². The molecule has 0 atom stereocenters. The summed E-state index contributed by atoms with van der Waals surface area (Å²) in [7, 11) is 2.07. The molecule has 6 aliphatic carbocycles. The number of halogens is 1. The van der Waals surface area contributed by atoms with Crippen LogP contribution >= 0.6 is 0 Å². The minimum absolute atomic E-state index is 0.0702. The molecule has 3 aromatic rings. The van der Waals surface area contributed by atoms with Gasteiger partial charge in [-0.05, 0) is 65.7 Å². The number of aromatic nitrogens is 3. The van der Waals surface area contributed by atoms with E-state index in [0.717, 1.165) is 39.6 Å². The van der Waals surface area contributed by atoms with Crippen molar-refractivity contribution in [1.82, 2.24) is 30.5 Å². The monoisotopic (exact) mass is 514 g/mol. The fraction of sp³-hybridized carbons (Fsp3) is 0.444. The average molecular weight is 515 g/mol. The molecule has 10 rings (SSSR count). The van der Waals surface area contributed by atoms with Crippen LogP contribution in [0.15, 0.2) is 30.5 Å². The maximum absolute atomic E-state index is 14.5. The first-order valence-corrected chi connectivity index (χ1v) is 13.0. The Balaban J connectivity index is 0.932. The summed E-state index contributed by atoms with van der Waals surface area (Å²) in [4.78, 5) is 41.9. The van der Waals surface area contributed by atoms with Crippen molar-refractivity contribution in [2.45, 2.75) is 18.5 Å². The van der Waals surface area contributed by atoms with E-state index < -0.39 is 17.6 Å². The van der Waals surface area contributed by atoms with Crippen LogP contribution < -0.4 is 20.7 Å². The van der Waals surface area contributed by atoms with Crippen molar-refractivity contribution in [1.29, 1.82) is 0 Å². The predicted molar refractivity (Wildman–Crippen MR) is 127 cm³/mol. The Morgan fingerprint density at radius 1 is 1.11 bits per heavy atom. The number of fused-ring (bicyclic) bond motifs is 2. The summed E-state index contributed by atoms with van der Waals surface area (Å²) in [6.07, 6.45) is 1.18. The molecule has 0 bridgehead atoms. The molecule has 10 nitrogen and oxygen atoms in total. The van der Waals surface area contributed by atoms with Crippen LogP contribution in [0.25, 0.3) is 5.65 Å². The summed E-state index contributed by atoms with van der Waals surface area (Å²) in [6, 6.07) is 6.60. The molecule has 3 N–H and O–H groups in total. The first-order valence-electron chi connectivity index (χ1n) is 13.0. The van der Waals surface area contributed by atoms with Crippen molar-refractivity contribution in [2.75, 3.05) is 13.6 Å². The molecular weight excluding hydrogens is 491 g/mol. The van der Waals surface area contributed by atoms with Gasteiger partial charge in [0, 0.05) is 30.3 Å². The number of nitrogens with zero attached hydrogens (tertiary/aromatic N) is 3. The SMILES string of the molecule is CNC12C3C4C1C1C2C3C41CNC(=O)c1cc(C(=O)NCc2ccc3c(c2)CC(=O)O3)nc2c(F)cnn12. The number of carbonyl (C=O) groups excluding carboxylic acids is 3. The maximum atomic E-state index is 14.5. The van der Waals surface area contributed by atoms with E-state index in [1.807, 2.05) is 0 Å². The van der Waals surface area contributed by atoms with Gasteiger partial charge in [0.25, 0.3) is 11.8 Å². The Morgan fingerprint density at radius 2 is 1.87 bits per heavy atom. The van der Waals surface area contributed by atoms with Crippen molar-refractivity contribution in [3.8, 4) is 5.75 Å². The summed E-state index contributed by atoms with van der Waals surface area (Å²) in [5.41, 5.74) is 2.00. The van der Waals surface area contributed by atoms with E-state index >= 15 is 0 Å². The molecule has 3 heterocycles. The third-order valence-corrected chi connectivity index (χ3v) is 10.9. The standard InChI is InChI=1S/C27H23FN6O4/c1-29-27-20-17-21(27)19-22(27)18(20)26(17,19)9-31-25(37)14-6-13(33-23-12(28)8-32-34(14)23)24(36)30-7-10-2-3-15-11(4-10)5-16(35)38-15/h2-4,6,8,17-22,29H,5,7,9H2,1H3,(H,30,36)(H,31,37). The molecule has 1 aromatic carbocycles. The van der Waals surface area contributed by atoms with E-state index in [4.69, 9.17) is 4.74 Å². The lowest BCUT2D eigenvalue weighted by Gasteiger charge is -3.11. The van der Waals surface area contributed by atoms with Crippen molar-refractivity contribution >= 4 is 23.4 Å². The molecular formula is C27H23FN6O4. The van der Waals surface area contributed by atoms with E-state index in [0.29, 0.717) is 35.6 Å². The second kappa shape index (κ2) is 6.40. The second-order valence-corrected chi connectivity index (χ2v) is 11.7. The van der Waals surface area contributed by atoms with Gasteiger partial charge in [-0.3, -0.25) is 14.4 Å². The molecule has 6 fully saturated rings. The minimum atomic E-state index is -0.712. The summed E-state index contributed by atoms with van der Waals surface area (Å²) >= 11 is 0. The van der Waals surface area contributed by atoms with Crippen LogP contribution in [-0.4, -0.2) is 51.5 Å². The Bertz CT molecular complexity index is 1610. The van der Waals surface area contributed by atoms with Gasteiger partial charge < -0.3 is 20.7 Å². The van der Waals surface area contributed by atoms with Crippen molar-refractivity contribution in [2.24, 2.45) is 40.9 Å². The van der Waals surface area contributed by atoms with E-state index in [1.54, 1.807) is 18.2 Å². The lowest BCUT2D eigenvalue weighted by atomic mass is 8.94. The molecule has 0 spiro atoms. The van der Waals surface area contributed by atoms with Crippen LogP contribution in [0.3, 0.4) is 0 Å². The fourth-order valence-electron chi connectivity index (χ4n) is 9.71. The van der Waals surface area contributed by atoms with Gasteiger partial charge >= 0.3 is 5.97 Å². The van der Waals surface area contributed by atoms with E-state index in [2.05, 4.69) is 33.1 Å². The van der Waals surface area contributed by atoms with Crippen LogP contribution in [0.2, 0.25) is 0 Å². The molecule has 0 radical (unpaired) electrons. The molecule has 1 aliphatic heterocycles. The van der Waals surface area contributed by atoms with Gasteiger partial charge in [-0.2, -0.15) is 5.10 Å². The predicted octanol–water partition coefficient (Wildman–Crippen LogP) is 0.700. The highest BCUT2D eigenvalue weighted by molar-refractivity contribution is 5.98. The zero-order valence-electron chi connectivity index (χ0n) is 20.3. The third kappa shape index (κ3) is 2.02. The molecule has 192 valence electrons. The zero-order chi connectivity index (χ0) is 25.7. The smallest absolute Gasteiger partial charge is 0.315 e. The number of benzene rings is 1. The number of esters is 1. The van der Waals surface area contributed by atoms with Gasteiger partial charge in [-0.25, -0.2) is 13.9 Å². The van der Waals surface area contributed by atoms with Crippen LogP contribution in [-0.2, 0) is 17.8 Å². The van der Waals surface area contributed by atoms with Gasteiger partial charge in [-0.1, -0.05) is 6.07 Å². The second-order valence-electron chi connectivity index (χ2n) is 11.7. The maximum Gasteiger partial charge on any atom is 0.315 e. The fourth-order valence-corrected chi connectivity index (χ4v) is 9.71. The molecule has 0 saturated heterocycles. The Hall–Kier alpha value is -3.86. The molecule has 2 aromatic heterocycles. The summed E-state index contributed by atoms with van der Waals surface area (Å²) in [6.45, 7) is 0.773. The molecule has 7 aliphatic rings. The molecule has 0 unspecified atom stereocenters. The Morgan fingerprint density at radius 3 is 2.61 bits per heavy atom. The molecule has 38 heavy (non-hydrogen) atoms. The van der Waals surface area contributed by atoms with Gasteiger partial charge in [0.2, 0.25) is 0 Å². The number of nitrogens with one attached hydrogen (secondary N) is 3. The van der Waals surface area contributed by atoms with Crippen molar-refractivity contribution < 1.29 is 23.5 Å². The van der Waals surface area contributed by atoms with Crippen LogP contribution in [0.4, 0.5) is 4.39 Å². The topological polar surface area (TPSA) is 127 Å². The van der Waals surface area contributed by atoms with Gasteiger partial charge in [-0.15, -0.1) is 0 Å².